The molecule has 0 aliphatic rings. The quantitative estimate of drug-likeness (QED) is 0.693. The Balaban J connectivity index is 2.85. The Morgan fingerprint density at radius 3 is 2.93 bits per heavy atom. The summed E-state index contributed by atoms with van der Waals surface area (Å²) in [5.74, 6) is -0.0667. The van der Waals surface area contributed by atoms with Gasteiger partial charge in [0, 0.05) is 12.6 Å². The first-order valence-electron chi connectivity index (χ1n) is 4.53. The number of carbonyl (C=O) groups excluding carboxylic acids is 1. The maximum Gasteiger partial charge on any atom is 0.346 e. The van der Waals surface area contributed by atoms with Crippen molar-refractivity contribution in [2.75, 3.05) is 5.73 Å². The van der Waals surface area contributed by atoms with Crippen LogP contribution in [0.3, 0.4) is 0 Å². The zero-order valence-electron chi connectivity index (χ0n) is 8.04. The highest BCUT2D eigenvalue weighted by Gasteiger charge is 2.10. The van der Waals surface area contributed by atoms with Crippen molar-refractivity contribution >= 4 is 11.6 Å². The Hall–Kier alpha value is -1.65. The Morgan fingerprint density at radius 2 is 2.36 bits per heavy atom. The van der Waals surface area contributed by atoms with E-state index in [2.05, 4.69) is 9.97 Å². The molecule has 14 heavy (non-hydrogen) atoms. The van der Waals surface area contributed by atoms with Gasteiger partial charge in [0.15, 0.2) is 5.78 Å². The van der Waals surface area contributed by atoms with Crippen LogP contribution in [-0.4, -0.2) is 15.8 Å². The number of nitrogen functional groups attached to an aromatic ring is 1. The van der Waals surface area contributed by atoms with Crippen LogP contribution < -0.4 is 11.4 Å². The summed E-state index contributed by atoms with van der Waals surface area (Å²) >= 11 is 0. The topological polar surface area (TPSA) is 88.8 Å². The fourth-order valence-corrected chi connectivity index (χ4v) is 1.11. The molecule has 0 aromatic carbocycles. The fourth-order valence-electron chi connectivity index (χ4n) is 1.11. The van der Waals surface area contributed by atoms with Gasteiger partial charge in [-0.05, 0) is 6.42 Å². The lowest BCUT2D eigenvalue weighted by molar-refractivity contribution is 0.0980. The average Bonchev–Trinajstić information content (AvgIpc) is 2.14. The summed E-state index contributed by atoms with van der Waals surface area (Å²) in [5, 5.41) is 0. The van der Waals surface area contributed by atoms with Gasteiger partial charge in [-0.3, -0.25) is 4.79 Å². The van der Waals surface area contributed by atoms with Crippen molar-refractivity contribution in [3.63, 3.8) is 0 Å². The number of hydrogen-bond acceptors (Lipinski definition) is 4. The Morgan fingerprint density at radius 1 is 1.64 bits per heavy atom. The van der Waals surface area contributed by atoms with E-state index < -0.39 is 5.69 Å². The van der Waals surface area contributed by atoms with Crippen molar-refractivity contribution in [2.24, 2.45) is 0 Å². The number of hydrogen-bond donors (Lipinski definition) is 2. The molecule has 0 fully saturated rings. The predicted molar refractivity (Wildman–Crippen MR) is 53.1 cm³/mol. The predicted octanol–water partition coefficient (Wildman–Crippen LogP) is 0.725. The van der Waals surface area contributed by atoms with Crippen LogP contribution in [0.1, 0.15) is 36.5 Å². The van der Waals surface area contributed by atoms with Crippen molar-refractivity contribution in [1.29, 1.82) is 0 Å². The highest BCUT2D eigenvalue weighted by Crippen LogP contribution is 2.09. The molecule has 0 amide bonds. The average molecular weight is 195 g/mol. The molecular formula is C9H13N3O2. The number of aromatic nitrogens is 2. The molecule has 0 aliphatic heterocycles. The third-order valence-corrected chi connectivity index (χ3v) is 1.90. The first kappa shape index (κ1) is 10.4. The molecule has 0 spiro atoms. The van der Waals surface area contributed by atoms with Gasteiger partial charge in [-0.1, -0.05) is 13.3 Å². The standard InChI is InChI=1S/C9H13N3O2/c1-2-3-4-7(13)6-5-11-9(14)12-8(6)10/h5H,2-4H2,1H3,(H3,10,11,12,14). The lowest BCUT2D eigenvalue weighted by atomic mass is 10.1. The smallest absolute Gasteiger partial charge is 0.346 e. The molecule has 0 aliphatic carbocycles. The van der Waals surface area contributed by atoms with Crippen molar-refractivity contribution < 1.29 is 4.79 Å². The van der Waals surface area contributed by atoms with Crippen LogP contribution in [-0.2, 0) is 0 Å². The molecule has 76 valence electrons. The van der Waals surface area contributed by atoms with Crippen LogP contribution in [0.15, 0.2) is 11.0 Å². The van der Waals surface area contributed by atoms with E-state index >= 15 is 0 Å². The number of nitrogens with zero attached hydrogens (tertiary/aromatic N) is 1. The van der Waals surface area contributed by atoms with Crippen molar-refractivity contribution in [3.8, 4) is 0 Å². The molecule has 0 saturated carbocycles. The largest absolute Gasteiger partial charge is 0.383 e. The van der Waals surface area contributed by atoms with Crippen LogP contribution in [0.5, 0.6) is 0 Å². The normalized spacial score (nSPS) is 10.1. The van der Waals surface area contributed by atoms with E-state index in [0.717, 1.165) is 12.8 Å². The van der Waals surface area contributed by atoms with Gasteiger partial charge in [-0.25, -0.2) is 4.79 Å². The molecule has 0 bridgehead atoms. The maximum atomic E-state index is 11.5. The Bertz CT molecular complexity index is 384. The summed E-state index contributed by atoms with van der Waals surface area (Å²) in [4.78, 5) is 28.0. The van der Waals surface area contributed by atoms with Gasteiger partial charge in [0.1, 0.15) is 5.82 Å². The number of Topliss-reactive ketones (excluding diaryl/α,β-unsaturated/α-hetero) is 1. The summed E-state index contributed by atoms with van der Waals surface area (Å²) < 4.78 is 0. The van der Waals surface area contributed by atoms with Gasteiger partial charge in [0.2, 0.25) is 0 Å². The molecule has 1 rings (SSSR count). The van der Waals surface area contributed by atoms with Crippen LogP contribution in [0, 0.1) is 0 Å². The summed E-state index contributed by atoms with van der Waals surface area (Å²) in [6.45, 7) is 2.00. The second-order valence-electron chi connectivity index (χ2n) is 3.03. The molecule has 1 aromatic rings. The minimum atomic E-state index is -0.533. The first-order chi connectivity index (χ1) is 6.65. The number of rotatable bonds is 4. The number of aromatic amines is 1. The molecule has 1 heterocycles. The second-order valence-corrected chi connectivity index (χ2v) is 3.03. The first-order valence-corrected chi connectivity index (χ1v) is 4.53. The van der Waals surface area contributed by atoms with Crippen LogP contribution in [0.25, 0.3) is 0 Å². The number of anilines is 1. The van der Waals surface area contributed by atoms with Crippen molar-refractivity contribution in [3.05, 3.63) is 22.2 Å². The number of unbranched alkanes of at least 4 members (excludes halogenated alkanes) is 1. The third kappa shape index (κ3) is 2.42. The molecule has 5 heteroatoms. The van der Waals surface area contributed by atoms with Crippen LogP contribution >= 0.6 is 0 Å². The van der Waals surface area contributed by atoms with E-state index in [-0.39, 0.29) is 11.6 Å². The lowest BCUT2D eigenvalue weighted by Gasteiger charge is -2.01. The van der Waals surface area contributed by atoms with Gasteiger partial charge in [-0.2, -0.15) is 4.98 Å². The summed E-state index contributed by atoms with van der Waals surface area (Å²) in [6, 6.07) is 0. The van der Waals surface area contributed by atoms with Crippen LogP contribution in [0.4, 0.5) is 5.82 Å². The summed E-state index contributed by atoms with van der Waals surface area (Å²) in [7, 11) is 0. The van der Waals surface area contributed by atoms with Gasteiger partial charge in [0.05, 0.1) is 5.56 Å². The maximum absolute atomic E-state index is 11.5. The monoisotopic (exact) mass is 195 g/mol. The molecule has 3 N–H and O–H groups in total. The number of nitrogens with two attached hydrogens (primary N) is 1. The van der Waals surface area contributed by atoms with E-state index in [1.165, 1.54) is 6.20 Å². The number of carbonyl (C=O) groups is 1. The molecule has 0 saturated heterocycles. The molecule has 0 unspecified atom stereocenters. The van der Waals surface area contributed by atoms with Gasteiger partial charge in [-0.15, -0.1) is 0 Å². The van der Waals surface area contributed by atoms with Gasteiger partial charge < -0.3 is 10.7 Å². The molecular weight excluding hydrogens is 182 g/mol. The molecule has 0 radical (unpaired) electrons. The molecule has 1 aromatic heterocycles. The van der Waals surface area contributed by atoms with Gasteiger partial charge in [0.25, 0.3) is 0 Å². The van der Waals surface area contributed by atoms with E-state index in [9.17, 15) is 9.59 Å². The number of nitrogens with one attached hydrogen (secondary N) is 1. The summed E-state index contributed by atoms with van der Waals surface area (Å²) in [5.41, 5.74) is 5.21. The van der Waals surface area contributed by atoms with E-state index in [1.54, 1.807) is 0 Å². The van der Waals surface area contributed by atoms with E-state index in [0.29, 0.717) is 12.0 Å². The molecule has 5 nitrogen and oxygen atoms in total. The minimum absolute atomic E-state index is 0.00912. The van der Waals surface area contributed by atoms with E-state index in [1.807, 2.05) is 6.92 Å². The highest BCUT2D eigenvalue weighted by molar-refractivity contribution is 5.99. The number of H-pyrrole nitrogens is 1. The fraction of sp³-hybridized carbons (Fsp3) is 0.444. The van der Waals surface area contributed by atoms with Crippen molar-refractivity contribution in [2.45, 2.75) is 26.2 Å². The Kier molecular flexibility index (Phi) is 3.39. The Labute approximate surface area is 81.4 Å². The highest BCUT2D eigenvalue weighted by atomic mass is 16.1. The second kappa shape index (κ2) is 4.55. The summed E-state index contributed by atoms with van der Waals surface area (Å²) in [6.07, 6.45) is 3.52. The molecule has 0 atom stereocenters. The SMILES string of the molecule is CCCCC(=O)c1c[nH]c(=O)nc1N. The zero-order chi connectivity index (χ0) is 10.6. The van der Waals surface area contributed by atoms with Crippen molar-refractivity contribution in [1.82, 2.24) is 9.97 Å². The lowest BCUT2D eigenvalue weighted by Crippen LogP contribution is -2.16. The zero-order valence-corrected chi connectivity index (χ0v) is 8.04. The minimum Gasteiger partial charge on any atom is -0.383 e. The number of ketones is 1. The van der Waals surface area contributed by atoms with Gasteiger partial charge >= 0.3 is 5.69 Å². The van der Waals surface area contributed by atoms with Crippen LogP contribution in [0.2, 0.25) is 0 Å². The van der Waals surface area contributed by atoms with E-state index in [4.69, 9.17) is 5.73 Å². The third-order valence-electron chi connectivity index (χ3n) is 1.90.